The number of sulfonamides is 1. The zero-order chi connectivity index (χ0) is 15.8. The van der Waals surface area contributed by atoms with Crippen LogP contribution < -0.4 is 0 Å². The molecule has 1 atom stereocenters. The Morgan fingerprint density at radius 3 is 2.57 bits per heavy atom. The van der Waals surface area contributed by atoms with Gasteiger partial charge >= 0.3 is 0 Å². The van der Waals surface area contributed by atoms with Crippen LogP contribution in [0.5, 0.6) is 0 Å². The first-order chi connectivity index (χ1) is 9.77. The van der Waals surface area contributed by atoms with E-state index in [1.54, 1.807) is 0 Å². The van der Waals surface area contributed by atoms with Crippen LogP contribution in [0.3, 0.4) is 0 Å². The normalized spacial score (nSPS) is 20.4. The Bertz CT molecular complexity index is 637. The fourth-order valence-corrected chi connectivity index (χ4v) is 4.14. The van der Waals surface area contributed by atoms with E-state index < -0.39 is 26.6 Å². The molecule has 0 aromatic heterocycles. The monoisotopic (exact) mass is 338 g/mol. The molecule has 21 heavy (non-hydrogen) atoms. The largest absolute Gasteiger partial charge is 0.305 e. The molecule has 1 saturated heterocycles. The molecule has 1 aliphatic rings. The van der Waals surface area contributed by atoms with Gasteiger partial charge in [-0.15, -0.1) is 11.6 Å². The van der Waals surface area contributed by atoms with Gasteiger partial charge in [-0.25, -0.2) is 17.2 Å². The molecule has 8 heteroatoms. The molecule has 0 spiro atoms. The summed E-state index contributed by atoms with van der Waals surface area (Å²) in [5.41, 5.74) is 0.234. The van der Waals surface area contributed by atoms with Gasteiger partial charge in [-0.3, -0.25) is 0 Å². The SMILES string of the molecule is CN(C)C1CCN(S(=O)(=O)c2cc(CCl)cc(F)c2F)C1. The molecule has 0 aliphatic carbocycles. The minimum atomic E-state index is -4.06. The fraction of sp³-hybridized carbons (Fsp3) is 0.538. The standard InChI is InChI=1S/C13H17ClF2N2O2S/c1-17(2)10-3-4-18(8-10)21(19,20)12-6-9(7-14)5-11(15)13(12)16/h5-6,10H,3-4,7-8H2,1-2H3. The zero-order valence-corrected chi connectivity index (χ0v) is 13.4. The summed E-state index contributed by atoms with van der Waals surface area (Å²) in [7, 11) is -0.345. The van der Waals surface area contributed by atoms with E-state index in [9.17, 15) is 17.2 Å². The average molecular weight is 339 g/mol. The van der Waals surface area contributed by atoms with E-state index in [2.05, 4.69) is 0 Å². The first-order valence-corrected chi connectivity index (χ1v) is 8.45. The summed E-state index contributed by atoms with van der Waals surface area (Å²) >= 11 is 5.59. The Morgan fingerprint density at radius 1 is 1.38 bits per heavy atom. The van der Waals surface area contributed by atoms with Gasteiger partial charge in [-0.1, -0.05) is 0 Å². The minimum Gasteiger partial charge on any atom is -0.305 e. The molecule has 1 aromatic carbocycles. The van der Waals surface area contributed by atoms with Crippen LogP contribution in [0, 0.1) is 11.6 Å². The number of hydrogen-bond donors (Lipinski definition) is 0. The third-order valence-electron chi connectivity index (χ3n) is 3.68. The number of nitrogens with zero attached hydrogens (tertiary/aromatic N) is 2. The number of hydrogen-bond acceptors (Lipinski definition) is 3. The van der Waals surface area contributed by atoms with Gasteiger partial charge in [-0.05, 0) is 38.2 Å². The predicted octanol–water partition coefficient (Wildman–Crippen LogP) is 2.03. The maximum Gasteiger partial charge on any atom is 0.246 e. The lowest BCUT2D eigenvalue weighted by molar-refractivity contribution is 0.302. The summed E-state index contributed by atoms with van der Waals surface area (Å²) in [6.07, 6.45) is 0.658. The summed E-state index contributed by atoms with van der Waals surface area (Å²) in [6.45, 7) is 0.554. The molecule has 0 N–H and O–H groups in total. The second-order valence-electron chi connectivity index (χ2n) is 5.29. The first kappa shape index (κ1) is 16.6. The quantitative estimate of drug-likeness (QED) is 0.789. The summed E-state index contributed by atoms with van der Waals surface area (Å²) in [6, 6.07) is 2.08. The van der Waals surface area contributed by atoms with Crippen LogP contribution in [0.15, 0.2) is 17.0 Å². The summed E-state index contributed by atoms with van der Waals surface area (Å²) < 4.78 is 53.6. The first-order valence-electron chi connectivity index (χ1n) is 6.48. The molecule has 1 unspecified atom stereocenters. The van der Waals surface area contributed by atoms with Gasteiger partial charge in [-0.2, -0.15) is 4.31 Å². The van der Waals surface area contributed by atoms with Crippen molar-refractivity contribution in [2.45, 2.75) is 23.2 Å². The average Bonchev–Trinajstić information content (AvgIpc) is 2.92. The number of likely N-dealkylation sites (N-methyl/N-ethyl adjacent to an activating group) is 1. The van der Waals surface area contributed by atoms with Crippen LogP contribution >= 0.6 is 11.6 Å². The molecule has 1 heterocycles. The molecule has 4 nitrogen and oxygen atoms in total. The van der Waals surface area contributed by atoms with Gasteiger partial charge in [0.05, 0.1) is 0 Å². The fourth-order valence-electron chi connectivity index (χ4n) is 2.37. The molecule has 1 aliphatic heterocycles. The van der Waals surface area contributed by atoms with E-state index >= 15 is 0 Å². The highest BCUT2D eigenvalue weighted by Gasteiger charge is 2.35. The van der Waals surface area contributed by atoms with Crippen molar-refractivity contribution < 1.29 is 17.2 Å². The van der Waals surface area contributed by atoms with Crippen molar-refractivity contribution in [2.75, 3.05) is 27.2 Å². The maximum absolute atomic E-state index is 13.9. The lowest BCUT2D eigenvalue weighted by atomic mass is 10.2. The third kappa shape index (κ3) is 3.21. The maximum atomic E-state index is 13.9. The lowest BCUT2D eigenvalue weighted by Crippen LogP contribution is -2.35. The van der Waals surface area contributed by atoms with E-state index in [4.69, 9.17) is 11.6 Å². The van der Waals surface area contributed by atoms with Crippen molar-refractivity contribution >= 4 is 21.6 Å². The summed E-state index contributed by atoms with van der Waals surface area (Å²) in [5, 5.41) is 0. The van der Waals surface area contributed by atoms with Crippen molar-refractivity contribution in [2.24, 2.45) is 0 Å². The molecule has 1 aromatic rings. The van der Waals surface area contributed by atoms with E-state index in [-0.39, 0.29) is 30.6 Å². The zero-order valence-electron chi connectivity index (χ0n) is 11.8. The summed E-state index contributed by atoms with van der Waals surface area (Å²) in [5.74, 6) is -2.63. The third-order valence-corrected chi connectivity index (χ3v) is 5.86. The Hall–Kier alpha value is -0.760. The highest BCUT2D eigenvalue weighted by molar-refractivity contribution is 7.89. The Morgan fingerprint density at radius 2 is 2.05 bits per heavy atom. The van der Waals surface area contributed by atoms with E-state index in [1.807, 2.05) is 19.0 Å². The van der Waals surface area contributed by atoms with Crippen LogP contribution in [0.4, 0.5) is 8.78 Å². The van der Waals surface area contributed by atoms with Crippen molar-refractivity contribution in [3.05, 3.63) is 29.3 Å². The molecule has 1 fully saturated rings. The van der Waals surface area contributed by atoms with E-state index in [0.29, 0.717) is 6.42 Å². The van der Waals surface area contributed by atoms with Crippen LogP contribution in [-0.4, -0.2) is 50.8 Å². The second-order valence-corrected chi connectivity index (χ2v) is 7.47. The van der Waals surface area contributed by atoms with Crippen LogP contribution in [0.25, 0.3) is 0 Å². The number of benzene rings is 1. The number of halogens is 3. The Balaban J connectivity index is 2.39. The number of alkyl halides is 1. The van der Waals surface area contributed by atoms with Gasteiger partial charge in [0.1, 0.15) is 4.90 Å². The molecule has 2 rings (SSSR count). The summed E-state index contributed by atoms with van der Waals surface area (Å²) in [4.78, 5) is 1.28. The smallest absolute Gasteiger partial charge is 0.246 e. The van der Waals surface area contributed by atoms with Crippen LogP contribution in [0.1, 0.15) is 12.0 Å². The van der Waals surface area contributed by atoms with Crippen molar-refractivity contribution in [1.29, 1.82) is 0 Å². The minimum absolute atomic E-state index is 0.0730. The van der Waals surface area contributed by atoms with Gasteiger partial charge in [0.25, 0.3) is 0 Å². The highest BCUT2D eigenvalue weighted by Crippen LogP contribution is 2.27. The molecule has 0 bridgehead atoms. The topological polar surface area (TPSA) is 40.6 Å². The number of rotatable bonds is 4. The van der Waals surface area contributed by atoms with E-state index in [1.165, 1.54) is 4.31 Å². The molecule has 0 amide bonds. The van der Waals surface area contributed by atoms with Crippen LogP contribution in [-0.2, 0) is 15.9 Å². The second kappa shape index (κ2) is 6.16. The molecule has 0 radical (unpaired) electrons. The van der Waals surface area contributed by atoms with Gasteiger partial charge in [0.2, 0.25) is 10.0 Å². The molecule has 0 saturated carbocycles. The molecule has 118 valence electrons. The van der Waals surface area contributed by atoms with Gasteiger partial charge in [0, 0.05) is 25.0 Å². The lowest BCUT2D eigenvalue weighted by Gasteiger charge is -2.20. The predicted molar refractivity (Wildman–Crippen MR) is 76.8 cm³/mol. The van der Waals surface area contributed by atoms with Gasteiger partial charge in [0.15, 0.2) is 11.6 Å². The Kier molecular flexibility index (Phi) is 4.87. The molecular weight excluding hydrogens is 322 g/mol. The van der Waals surface area contributed by atoms with E-state index in [0.717, 1.165) is 12.1 Å². The van der Waals surface area contributed by atoms with Crippen molar-refractivity contribution in [1.82, 2.24) is 9.21 Å². The molecular formula is C13H17ClF2N2O2S. The van der Waals surface area contributed by atoms with Crippen molar-refractivity contribution in [3.8, 4) is 0 Å². The van der Waals surface area contributed by atoms with Crippen LogP contribution in [0.2, 0.25) is 0 Å². The van der Waals surface area contributed by atoms with Crippen molar-refractivity contribution in [3.63, 3.8) is 0 Å². The van der Waals surface area contributed by atoms with Gasteiger partial charge < -0.3 is 4.90 Å². The Labute approximate surface area is 128 Å². The highest BCUT2D eigenvalue weighted by atomic mass is 35.5.